The minimum Gasteiger partial charge on any atom is -0.327 e. The molecule has 1 saturated heterocycles. The molecule has 1 fully saturated rings. The molecule has 0 amide bonds. The Morgan fingerprint density at radius 1 is 1.53 bits per heavy atom. The topological polar surface area (TPSA) is 73.0 Å². The molecule has 1 aromatic rings. The summed E-state index contributed by atoms with van der Waals surface area (Å²) in [4.78, 5) is 5.66. The van der Waals surface area contributed by atoms with E-state index >= 15 is 0 Å². The van der Waals surface area contributed by atoms with Gasteiger partial charge in [-0.1, -0.05) is 0 Å². The maximum absolute atomic E-state index is 11.4. The Balaban J connectivity index is 2.00. The van der Waals surface area contributed by atoms with E-state index in [0.717, 1.165) is 10.7 Å². The molecule has 0 aliphatic carbocycles. The summed E-state index contributed by atoms with van der Waals surface area (Å²) >= 11 is 1.66. The number of aryl methyl sites for hydroxylation is 2. The fraction of sp³-hybridized carbons (Fsp3) is 0.727. The highest BCUT2D eigenvalue weighted by atomic mass is 32.2. The molecule has 0 bridgehead atoms. The van der Waals surface area contributed by atoms with E-state index in [9.17, 15) is 8.42 Å². The van der Waals surface area contributed by atoms with Gasteiger partial charge in [-0.15, -0.1) is 11.3 Å². The van der Waals surface area contributed by atoms with Crippen molar-refractivity contribution in [3.63, 3.8) is 0 Å². The predicted molar refractivity (Wildman–Crippen MR) is 70.0 cm³/mol. The molecule has 17 heavy (non-hydrogen) atoms. The van der Waals surface area contributed by atoms with Gasteiger partial charge >= 0.3 is 0 Å². The number of hydrogen-bond donors (Lipinski definition) is 1. The molecule has 4 nitrogen and oxygen atoms in total. The van der Waals surface area contributed by atoms with Crippen molar-refractivity contribution in [1.29, 1.82) is 0 Å². The molecule has 6 heteroatoms. The normalized spacial score (nSPS) is 25.0. The van der Waals surface area contributed by atoms with Gasteiger partial charge in [-0.05, 0) is 26.2 Å². The number of thiazole rings is 1. The molecule has 1 aromatic heterocycles. The number of nitrogens with two attached hydrogens (primary N) is 1. The molecule has 1 aliphatic rings. The molecule has 2 unspecified atom stereocenters. The lowest BCUT2D eigenvalue weighted by Crippen LogP contribution is -2.33. The van der Waals surface area contributed by atoms with Gasteiger partial charge in [0, 0.05) is 17.3 Å². The van der Waals surface area contributed by atoms with Crippen molar-refractivity contribution in [3.8, 4) is 0 Å². The van der Waals surface area contributed by atoms with Crippen LogP contribution in [-0.4, -0.2) is 30.9 Å². The molecule has 2 rings (SSSR count). The zero-order valence-electron chi connectivity index (χ0n) is 10.1. The van der Waals surface area contributed by atoms with Crippen LogP contribution in [0.25, 0.3) is 0 Å². The highest BCUT2D eigenvalue weighted by Crippen LogP contribution is 2.24. The van der Waals surface area contributed by atoms with E-state index in [1.54, 1.807) is 11.3 Å². The zero-order valence-corrected chi connectivity index (χ0v) is 11.8. The van der Waals surface area contributed by atoms with Crippen molar-refractivity contribution < 1.29 is 8.42 Å². The summed E-state index contributed by atoms with van der Waals surface area (Å²) in [7, 11) is -2.83. The first-order valence-corrected chi connectivity index (χ1v) is 8.40. The second kappa shape index (κ2) is 4.66. The van der Waals surface area contributed by atoms with Crippen molar-refractivity contribution in [1.82, 2.24) is 4.98 Å². The Hall–Kier alpha value is -0.460. The largest absolute Gasteiger partial charge is 0.327 e. The van der Waals surface area contributed by atoms with Crippen LogP contribution in [0.15, 0.2) is 0 Å². The Bertz CT molecular complexity index is 488. The summed E-state index contributed by atoms with van der Waals surface area (Å²) < 4.78 is 22.8. The van der Waals surface area contributed by atoms with E-state index in [-0.39, 0.29) is 17.7 Å². The highest BCUT2D eigenvalue weighted by molar-refractivity contribution is 7.91. The van der Waals surface area contributed by atoms with E-state index in [1.165, 1.54) is 4.88 Å². The van der Waals surface area contributed by atoms with E-state index in [0.29, 0.717) is 18.6 Å². The second-order valence-corrected chi connectivity index (χ2v) is 8.30. The number of hydrogen-bond acceptors (Lipinski definition) is 5. The Kier molecular flexibility index (Phi) is 3.56. The molecule has 96 valence electrons. The first-order valence-electron chi connectivity index (χ1n) is 5.76. The Labute approximate surface area is 106 Å². The average Bonchev–Trinajstić information content (AvgIpc) is 2.71. The molecule has 1 aliphatic heterocycles. The van der Waals surface area contributed by atoms with Crippen LogP contribution in [-0.2, 0) is 16.3 Å². The third-order valence-corrected chi connectivity index (χ3v) is 6.25. The van der Waals surface area contributed by atoms with Crippen molar-refractivity contribution >= 4 is 21.2 Å². The lowest BCUT2D eigenvalue weighted by atomic mass is 9.98. The molecule has 2 atom stereocenters. The summed E-state index contributed by atoms with van der Waals surface area (Å²) in [6, 6.07) is -0.0859. The molecule has 0 aromatic carbocycles. The van der Waals surface area contributed by atoms with Gasteiger partial charge in [0.15, 0.2) is 9.84 Å². The first-order chi connectivity index (χ1) is 7.87. The van der Waals surface area contributed by atoms with Crippen molar-refractivity contribution in [2.45, 2.75) is 32.7 Å². The Morgan fingerprint density at radius 2 is 2.24 bits per heavy atom. The van der Waals surface area contributed by atoms with Crippen molar-refractivity contribution in [2.75, 3.05) is 11.5 Å². The van der Waals surface area contributed by atoms with E-state index in [1.807, 2.05) is 13.8 Å². The lowest BCUT2D eigenvalue weighted by molar-refractivity contribution is 0.460. The van der Waals surface area contributed by atoms with Gasteiger partial charge in [-0.3, -0.25) is 0 Å². The van der Waals surface area contributed by atoms with Crippen molar-refractivity contribution in [3.05, 3.63) is 15.6 Å². The number of nitrogens with zero attached hydrogens (tertiary/aromatic N) is 1. The SMILES string of the molecule is Cc1nc(CC(N)C2CCS(=O)(=O)C2)sc1C. The predicted octanol–water partition coefficient (Wildman–Crippen LogP) is 1.06. The third-order valence-electron chi connectivity index (χ3n) is 3.36. The molecular weight excluding hydrogens is 256 g/mol. The van der Waals surface area contributed by atoms with Gasteiger partial charge in [-0.25, -0.2) is 13.4 Å². The smallest absolute Gasteiger partial charge is 0.150 e. The van der Waals surface area contributed by atoms with Crippen molar-refractivity contribution in [2.24, 2.45) is 11.7 Å². The van der Waals surface area contributed by atoms with E-state index in [2.05, 4.69) is 4.98 Å². The molecule has 0 radical (unpaired) electrons. The van der Waals surface area contributed by atoms with Crippen LogP contribution in [0.1, 0.15) is 22.0 Å². The molecule has 2 heterocycles. The summed E-state index contributed by atoms with van der Waals surface area (Å²) in [6.45, 7) is 4.03. The lowest BCUT2D eigenvalue weighted by Gasteiger charge is -2.15. The van der Waals surface area contributed by atoms with E-state index in [4.69, 9.17) is 5.73 Å². The summed E-state index contributed by atoms with van der Waals surface area (Å²) in [6.07, 6.45) is 1.40. The maximum atomic E-state index is 11.4. The minimum atomic E-state index is -2.83. The van der Waals surface area contributed by atoms with Crippen LogP contribution in [0.2, 0.25) is 0 Å². The fourth-order valence-electron chi connectivity index (χ4n) is 2.16. The summed E-state index contributed by atoms with van der Waals surface area (Å²) in [5.74, 6) is 0.642. The molecule has 2 N–H and O–H groups in total. The second-order valence-electron chi connectivity index (χ2n) is 4.78. The van der Waals surface area contributed by atoms with Crippen LogP contribution < -0.4 is 5.73 Å². The van der Waals surface area contributed by atoms with E-state index < -0.39 is 9.84 Å². The average molecular weight is 274 g/mol. The summed E-state index contributed by atoms with van der Waals surface area (Å²) in [5, 5.41) is 1.02. The monoisotopic (exact) mass is 274 g/mol. The van der Waals surface area contributed by atoms with Crippen LogP contribution in [0.4, 0.5) is 0 Å². The maximum Gasteiger partial charge on any atom is 0.150 e. The van der Waals surface area contributed by atoms with Gasteiger partial charge in [0.1, 0.15) is 0 Å². The van der Waals surface area contributed by atoms with Gasteiger partial charge in [0.25, 0.3) is 0 Å². The molecule has 0 saturated carbocycles. The molecular formula is C11H18N2O2S2. The number of sulfone groups is 1. The van der Waals surface area contributed by atoms with Gasteiger partial charge in [0.05, 0.1) is 22.2 Å². The van der Waals surface area contributed by atoms with Crippen LogP contribution in [0, 0.1) is 19.8 Å². The van der Waals surface area contributed by atoms with Crippen LogP contribution >= 0.6 is 11.3 Å². The third kappa shape index (κ3) is 3.05. The Morgan fingerprint density at radius 3 is 2.71 bits per heavy atom. The van der Waals surface area contributed by atoms with Crippen LogP contribution in [0.5, 0.6) is 0 Å². The quantitative estimate of drug-likeness (QED) is 0.894. The summed E-state index contributed by atoms with van der Waals surface area (Å²) in [5.41, 5.74) is 7.15. The standard InChI is InChI=1S/C11H18N2O2S2/c1-7-8(2)16-11(13-7)5-10(12)9-3-4-17(14,15)6-9/h9-10H,3-6,12H2,1-2H3. The van der Waals surface area contributed by atoms with Crippen LogP contribution in [0.3, 0.4) is 0 Å². The zero-order chi connectivity index (χ0) is 12.6. The van der Waals surface area contributed by atoms with Gasteiger partial charge < -0.3 is 5.73 Å². The van der Waals surface area contributed by atoms with Gasteiger partial charge in [-0.2, -0.15) is 0 Å². The minimum absolute atomic E-state index is 0.0859. The first kappa shape index (κ1) is 13.0. The fourth-order valence-corrected chi connectivity index (χ4v) is 5.06. The van der Waals surface area contributed by atoms with Gasteiger partial charge in [0.2, 0.25) is 0 Å². The number of aromatic nitrogens is 1. The molecule has 0 spiro atoms. The highest BCUT2D eigenvalue weighted by Gasteiger charge is 2.32. The number of rotatable bonds is 3.